The summed E-state index contributed by atoms with van der Waals surface area (Å²) in [5.41, 5.74) is 2.01. The highest BCUT2D eigenvalue weighted by Gasteiger charge is 2.10. The first-order valence-corrected chi connectivity index (χ1v) is 7.55. The van der Waals surface area contributed by atoms with Gasteiger partial charge in [0.25, 0.3) is 0 Å². The smallest absolute Gasteiger partial charge is 0.224 e. The molecule has 3 nitrogen and oxygen atoms in total. The third-order valence-corrected chi connectivity index (χ3v) is 3.72. The van der Waals surface area contributed by atoms with E-state index in [4.69, 9.17) is 4.74 Å². The fraction of sp³-hybridized carbons (Fsp3) is 0.235. The summed E-state index contributed by atoms with van der Waals surface area (Å²) >= 11 is 3.44. The molecule has 1 atom stereocenters. The molecule has 110 valence electrons. The molecule has 0 aliphatic rings. The van der Waals surface area contributed by atoms with E-state index in [1.807, 2.05) is 55.5 Å². The van der Waals surface area contributed by atoms with Gasteiger partial charge < -0.3 is 10.1 Å². The van der Waals surface area contributed by atoms with Crippen LogP contribution in [0, 0.1) is 0 Å². The van der Waals surface area contributed by atoms with Gasteiger partial charge in [-0.25, -0.2) is 0 Å². The van der Waals surface area contributed by atoms with E-state index in [1.54, 1.807) is 7.11 Å². The van der Waals surface area contributed by atoms with Crippen molar-refractivity contribution in [1.82, 2.24) is 5.32 Å². The van der Waals surface area contributed by atoms with Gasteiger partial charge in [-0.05, 0) is 42.3 Å². The summed E-state index contributed by atoms with van der Waals surface area (Å²) in [4.78, 5) is 12.1. The van der Waals surface area contributed by atoms with E-state index < -0.39 is 0 Å². The molecule has 0 spiro atoms. The minimum atomic E-state index is -0.0272. The molecule has 2 rings (SSSR count). The van der Waals surface area contributed by atoms with Crippen molar-refractivity contribution >= 4 is 21.8 Å². The Morgan fingerprint density at radius 2 is 2.00 bits per heavy atom. The number of carbonyl (C=O) groups excluding carboxylic acids is 1. The molecule has 1 unspecified atom stereocenters. The van der Waals surface area contributed by atoms with Crippen LogP contribution in [-0.2, 0) is 11.2 Å². The standard InChI is InChI=1S/C17H18BrNO2/c1-12(14-6-4-7-15(18)11-14)19-17(20)10-13-5-3-8-16(9-13)21-2/h3-9,11-12H,10H2,1-2H3,(H,19,20). The van der Waals surface area contributed by atoms with E-state index in [2.05, 4.69) is 21.2 Å². The van der Waals surface area contributed by atoms with Crippen molar-refractivity contribution in [1.29, 1.82) is 0 Å². The third kappa shape index (κ3) is 4.60. The summed E-state index contributed by atoms with van der Waals surface area (Å²) < 4.78 is 6.17. The Morgan fingerprint density at radius 3 is 2.71 bits per heavy atom. The molecule has 0 saturated heterocycles. The zero-order valence-electron chi connectivity index (χ0n) is 12.1. The molecule has 21 heavy (non-hydrogen) atoms. The Morgan fingerprint density at radius 1 is 1.24 bits per heavy atom. The van der Waals surface area contributed by atoms with Gasteiger partial charge in [-0.15, -0.1) is 0 Å². The topological polar surface area (TPSA) is 38.3 Å². The van der Waals surface area contributed by atoms with Crippen LogP contribution in [0.5, 0.6) is 5.75 Å². The molecular weight excluding hydrogens is 330 g/mol. The van der Waals surface area contributed by atoms with Gasteiger partial charge in [0.05, 0.1) is 19.6 Å². The number of rotatable bonds is 5. The van der Waals surface area contributed by atoms with E-state index in [1.165, 1.54) is 0 Å². The molecule has 1 N–H and O–H groups in total. The molecule has 0 radical (unpaired) electrons. The van der Waals surface area contributed by atoms with Crippen molar-refractivity contribution in [2.24, 2.45) is 0 Å². The number of hydrogen-bond acceptors (Lipinski definition) is 2. The molecule has 0 heterocycles. The Hall–Kier alpha value is -1.81. The van der Waals surface area contributed by atoms with Crippen LogP contribution in [0.25, 0.3) is 0 Å². The van der Waals surface area contributed by atoms with Crippen molar-refractivity contribution < 1.29 is 9.53 Å². The highest BCUT2D eigenvalue weighted by Crippen LogP contribution is 2.18. The molecule has 0 aliphatic carbocycles. The maximum absolute atomic E-state index is 12.1. The molecule has 2 aromatic rings. The lowest BCUT2D eigenvalue weighted by atomic mass is 10.1. The zero-order chi connectivity index (χ0) is 15.2. The highest BCUT2D eigenvalue weighted by atomic mass is 79.9. The number of benzene rings is 2. The summed E-state index contributed by atoms with van der Waals surface area (Å²) in [6, 6.07) is 15.5. The molecule has 0 aliphatic heterocycles. The summed E-state index contributed by atoms with van der Waals surface area (Å²) in [6.45, 7) is 1.98. The second-order valence-electron chi connectivity index (χ2n) is 4.87. The van der Waals surface area contributed by atoms with Gasteiger partial charge in [0.1, 0.15) is 5.75 Å². The van der Waals surface area contributed by atoms with Gasteiger partial charge in [-0.1, -0.05) is 40.2 Å². The van der Waals surface area contributed by atoms with Crippen molar-refractivity contribution in [3.05, 3.63) is 64.1 Å². The van der Waals surface area contributed by atoms with E-state index in [0.29, 0.717) is 6.42 Å². The molecular formula is C17H18BrNO2. The molecule has 0 bridgehead atoms. The lowest BCUT2D eigenvalue weighted by Gasteiger charge is -2.15. The van der Waals surface area contributed by atoms with E-state index >= 15 is 0 Å². The normalized spacial score (nSPS) is 11.8. The summed E-state index contributed by atoms with van der Waals surface area (Å²) in [7, 11) is 1.62. The summed E-state index contributed by atoms with van der Waals surface area (Å²) in [6.07, 6.45) is 0.343. The van der Waals surface area contributed by atoms with Gasteiger partial charge in [0.15, 0.2) is 0 Å². The number of ether oxygens (including phenoxy) is 1. The minimum absolute atomic E-state index is 0.00396. The van der Waals surface area contributed by atoms with Gasteiger partial charge in [-0.2, -0.15) is 0 Å². The summed E-state index contributed by atoms with van der Waals surface area (Å²) in [5, 5.41) is 3.01. The number of amides is 1. The number of hydrogen-bond donors (Lipinski definition) is 1. The molecule has 4 heteroatoms. The van der Waals surface area contributed by atoms with Crippen LogP contribution >= 0.6 is 15.9 Å². The number of nitrogens with one attached hydrogen (secondary N) is 1. The monoisotopic (exact) mass is 347 g/mol. The Kier molecular flexibility index (Phi) is 5.39. The van der Waals surface area contributed by atoms with Crippen LogP contribution in [0.4, 0.5) is 0 Å². The first-order chi connectivity index (χ1) is 10.1. The molecule has 1 amide bonds. The second-order valence-corrected chi connectivity index (χ2v) is 5.79. The average molecular weight is 348 g/mol. The predicted molar refractivity (Wildman–Crippen MR) is 87.4 cm³/mol. The molecule has 0 fully saturated rings. The molecule has 0 saturated carbocycles. The lowest BCUT2D eigenvalue weighted by molar-refractivity contribution is -0.121. The average Bonchev–Trinajstić information content (AvgIpc) is 2.47. The molecule has 0 aromatic heterocycles. The van der Waals surface area contributed by atoms with Gasteiger partial charge >= 0.3 is 0 Å². The number of carbonyl (C=O) groups is 1. The van der Waals surface area contributed by atoms with Crippen LogP contribution in [0.15, 0.2) is 53.0 Å². The van der Waals surface area contributed by atoms with E-state index in [0.717, 1.165) is 21.3 Å². The Labute approximate surface area is 133 Å². The number of halogens is 1. The molecule has 2 aromatic carbocycles. The first kappa shape index (κ1) is 15.6. The summed E-state index contributed by atoms with van der Waals surface area (Å²) in [5.74, 6) is 0.760. The van der Waals surface area contributed by atoms with Crippen LogP contribution in [0.3, 0.4) is 0 Å². The van der Waals surface area contributed by atoms with Crippen LogP contribution in [-0.4, -0.2) is 13.0 Å². The van der Waals surface area contributed by atoms with E-state index in [9.17, 15) is 4.79 Å². The predicted octanol–water partition coefficient (Wildman–Crippen LogP) is 3.88. The third-order valence-electron chi connectivity index (χ3n) is 3.22. The van der Waals surface area contributed by atoms with Crippen LogP contribution < -0.4 is 10.1 Å². The first-order valence-electron chi connectivity index (χ1n) is 6.76. The van der Waals surface area contributed by atoms with E-state index in [-0.39, 0.29) is 11.9 Å². The SMILES string of the molecule is COc1cccc(CC(=O)NC(C)c2cccc(Br)c2)c1. The maximum Gasteiger partial charge on any atom is 0.224 e. The largest absolute Gasteiger partial charge is 0.497 e. The van der Waals surface area contributed by atoms with Crippen molar-refractivity contribution in [3.8, 4) is 5.75 Å². The fourth-order valence-corrected chi connectivity index (χ4v) is 2.54. The van der Waals surface area contributed by atoms with Crippen molar-refractivity contribution in [2.45, 2.75) is 19.4 Å². The highest BCUT2D eigenvalue weighted by molar-refractivity contribution is 9.10. The van der Waals surface area contributed by atoms with Gasteiger partial charge in [-0.3, -0.25) is 4.79 Å². The van der Waals surface area contributed by atoms with Crippen molar-refractivity contribution in [2.75, 3.05) is 7.11 Å². The second kappa shape index (κ2) is 7.27. The lowest BCUT2D eigenvalue weighted by Crippen LogP contribution is -2.28. The Bertz CT molecular complexity index is 628. The Balaban J connectivity index is 1.97. The van der Waals surface area contributed by atoms with Crippen LogP contribution in [0.1, 0.15) is 24.1 Å². The zero-order valence-corrected chi connectivity index (χ0v) is 13.7. The van der Waals surface area contributed by atoms with Crippen molar-refractivity contribution in [3.63, 3.8) is 0 Å². The quantitative estimate of drug-likeness (QED) is 0.891. The fourth-order valence-electron chi connectivity index (χ4n) is 2.12. The number of methoxy groups -OCH3 is 1. The maximum atomic E-state index is 12.1. The van der Waals surface area contributed by atoms with Gasteiger partial charge in [0.2, 0.25) is 5.91 Å². The van der Waals surface area contributed by atoms with Gasteiger partial charge in [0, 0.05) is 4.47 Å². The van der Waals surface area contributed by atoms with Crippen LogP contribution in [0.2, 0.25) is 0 Å². The minimum Gasteiger partial charge on any atom is -0.497 e.